The molecule has 0 atom stereocenters. The second-order valence-electron chi connectivity index (χ2n) is 4.05. The third kappa shape index (κ3) is 2.61. The Labute approximate surface area is 101 Å². The summed E-state index contributed by atoms with van der Waals surface area (Å²) in [5.41, 5.74) is 1.02. The van der Waals surface area contributed by atoms with E-state index < -0.39 is 0 Å². The number of nitrogens with zero attached hydrogens (tertiary/aromatic N) is 2. The Bertz CT molecular complexity index is 350. The molecule has 1 rings (SSSR count). The van der Waals surface area contributed by atoms with Crippen LogP contribution in [0.25, 0.3) is 0 Å². The lowest BCUT2D eigenvalue weighted by Crippen LogP contribution is -2.32. The van der Waals surface area contributed by atoms with Crippen LogP contribution in [0.3, 0.4) is 0 Å². The third-order valence-corrected chi connectivity index (χ3v) is 4.12. The fourth-order valence-electron chi connectivity index (χ4n) is 1.61. The predicted octanol–water partition coefficient (Wildman–Crippen LogP) is 3.16. The monoisotopic (exact) mass is 240 g/mol. The van der Waals surface area contributed by atoms with Crippen molar-refractivity contribution in [2.24, 2.45) is 5.92 Å². The van der Waals surface area contributed by atoms with Crippen molar-refractivity contribution in [3.63, 3.8) is 0 Å². The van der Waals surface area contributed by atoms with Gasteiger partial charge in [-0.25, -0.2) is 4.98 Å². The standard InChI is InChI=1S/C12H20N2OS/c1-6-10(7-2)11(15)14(5)12-13-8(3)9(4)16-12/h10H,6-7H2,1-5H3. The van der Waals surface area contributed by atoms with Gasteiger partial charge in [0.15, 0.2) is 5.13 Å². The molecule has 1 heterocycles. The van der Waals surface area contributed by atoms with Crippen LogP contribution in [-0.2, 0) is 4.79 Å². The molecule has 0 saturated carbocycles. The summed E-state index contributed by atoms with van der Waals surface area (Å²) in [6.45, 7) is 8.12. The van der Waals surface area contributed by atoms with Crippen molar-refractivity contribution in [1.82, 2.24) is 4.98 Å². The molecule has 0 aliphatic rings. The molecule has 1 amide bonds. The third-order valence-electron chi connectivity index (χ3n) is 2.97. The molecular formula is C12H20N2OS. The summed E-state index contributed by atoms with van der Waals surface area (Å²) >= 11 is 1.58. The molecule has 1 aromatic rings. The zero-order valence-electron chi connectivity index (χ0n) is 10.7. The average Bonchev–Trinajstić information content (AvgIpc) is 2.59. The number of amides is 1. The number of carbonyl (C=O) groups excluding carboxylic acids is 1. The van der Waals surface area contributed by atoms with Crippen LogP contribution < -0.4 is 4.90 Å². The lowest BCUT2D eigenvalue weighted by molar-refractivity contribution is -0.122. The van der Waals surface area contributed by atoms with Gasteiger partial charge >= 0.3 is 0 Å². The van der Waals surface area contributed by atoms with E-state index >= 15 is 0 Å². The van der Waals surface area contributed by atoms with E-state index in [1.165, 1.54) is 4.88 Å². The van der Waals surface area contributed by atoms with Crippen LogP contribution in [0.5, 0.6) is 0 Å². The first kappa shape index (κ1) is 13.2. The van der Waals surface area contributed by atoms with Crippen LogP contribution >= 0.6 is 11.3 Å². The minimum absolute atomic E-state index is 0.120. The number of anilines is 1. The molecule has 0 fully saturated rings. The molecule has 0 aromatic carbocycles. The van der Waals surface area contributed by atoms with Gasteiger partial charge in [-0.15, -0.1) is 11.3 Å². The second-order valence-corrected chi connectivity index (χ2v) is 5.23. The number of hydrogen-bond acceptors (Lipinski definition) is 3. The van der Waals surface area contributed by atoms with Gasteiger partial charge in [-0.1, -0.05) is 13.8 Å². The second kappa shape index (κ2) is 5.43. The molecule has 0 aliphatic heterocycles. The first-order valence-electron chi connectivity index (χ1n) is 5.72. The Kier molecular flexibility index (Phi) is 4.47. The van der Waals surface area contributed by atoms with E-state index in [0.717, 1.165) is 23.7 Å². The topological polar surface area (TPSA) is 33.2 Å². The van der Waals surface area contributed by atoms with E-state index in [2.05, 4.69) is 18.8 Å². The summed E-state index contributed by atoms with van der Waals surface area (Å²) in [4.78, 5) is 19.4. The molecule has 90 valence electrons. The molecule has 0 radical (unpaired) electrons. The molecule has 1 aromatic heterocycles. The average molecular weight is 240 g/mol. The Hall–Kier alpha value is -0.900. The van der Waals surface area contributed by atoms with Crippen LogP contribution in [0.4, 0.5) is 5.13 Å². The Morgan fingerprint density at radius 3 is 2.31 bits per heavy atom. The first-order valence-corrected chi connectivity index (χ1v) is 6.54. The van der Waals surface area contributed by atoms with Gasteiger partial charge in [0.25, 0.3) is 0 Å². The molecule has 4 heteroatoms. The zero-order valence-corrected chi connectivity index (χ0v) is 11.5. The van der Waals surface area contributed by atoms with E-state index in [9.17, 15) is 4.79 Å². The molecule has 0 N–H and O–H groups in total. The van der Waals surface area contributed by atoms with Crippen molar-refractivity contribution in [1.29, 1.82) is 0 Å². The number of hydrogen-bond donors (Lipinski definition) is 0. The minimum Gasteiger partial charge on any atom is -0.291 e. The maximum Gasteiger partial charge on any atom is 0.231 e. The van der Waals surface area contributed by atoms with Gasteiger partial charge in [0.1, 0.15) is 0 Å². The summed E-state index contributed by atoms with van der Waals surface area (Å²) in [5.74, 6) is 0.299. The zero-order chi connectivity index (χ0) is 12.3. The molecule has 3 nitrogen and oxygen atoms in total. The lowest BCUT2D eigenvalue weighted by atomic mass is 10.0. The summed E-state index contributed by atoms with van der Waals surface area (Å²) < 4.78 is 0. The highest BCUT2D eigenvalue weighted by atomic mass is 32.1. The van der Waals surface area contributed by atoms with Crippen molar-refractivity contribution >= 4 is 22.4 Å². The van der Waals surface area contributed by atoms with Gasteiger partial charge in [-0.3, -0.25) is 9.69 Å². The van der Waals surface area contributed by atoms with Gasteiger partial charge in [0.05, 0.1) is 5.69 Å². The number of rotatable bonds is 4. The maximum absolute atomic E-state index is 12.1. The number of thiazole rings is 1. The maximum atomic E-state index is 12.1. The van der Waals surface area contributed by atoms with E-state index in [4.69, 9.17) is 0 Å². The molecule has 0 saturated heterocycles. The number of aromatic nitrogens is 1. The Morgan fingerprint density at radius 2 is 1.94 bits per heavy atom. The smallest absolute Gasteiger partial charge is 0.231 e. The van der Waals surface area contributed by atoms with Crippen LogP contribution in [0, 0.1) is 19.8 Å². The fraction of sp³-hybridized carbons (Fsp3) is 0.667. The van der Waals surface area contributed by atoms with E-state index in [0.29, 0.717) is 0 Å². The summed E-state index contributed by atoms with van der Waals surface area (Å²) in [5, 5.41) is 0.812. The van der Waals surface area contributed by atoms with E-state index in [-0.39, 0.29) is 11.8 Å². The van der Waals surface area contributed by atoms with Crippen LogP contribution in [-0.4, -0.2) is 17.9 Å². The van der Waals surface area contributed by atoms with E-state index in [1.54, 1.807) is 16.2 Å². The highest BCUT2D eigenvalue weighted by Crippen LogP contribution is 2.26. The molecule has 0 bridgehead atoms. The minimum atomic E-state index is 0.120. The van der Waals surface area contributed by atoms with Crippen LogP contribution in [0.15, 0.2) is 0 Å². The van der Waals surface area contributed by atoms with Crippen molar-refractivity contribution < 1.29 is 4.79 Å². The normalized spacial score (nSPS) is 10.9. The highest BCUT2D eigenvalue weighted by molar-refractivity contribution is 7.15. The van der Waals surface area contributed by atoms with Gasteiger partial charge in [0.2, 0.25) is 5.91 Å². The van der Waals surface area contributed by atoms with Crippen molar-refractivity contribution in [2.75, 3.05) is 11.9 Å². The van der Waals surface area contributed by atoms with Crippen molar-refractivity contribution in [3.05, 3.63) is 10.6 Å². The largest absolute Gasteiger partial charge is 0.291 e. The molecule has 0 aliphatic carbocycles. The van der Waals surface area contributed by atoms with Crippen molar-refractivity contribution in [2.45, 2.75) is 40.5 Å². The predicted molar refractivity (Wildman–Crippen MR) is 69.1 cm³/mol. The molecule has 0 spiro atoms. The Morgan fingerprint density at radius 1 is 1.38 bits per heavy atom. The quantitative estimate of drug-likeness (QED) is 0.810. The highest BCUT2D eigenvalue weighted by Gasteiger charge is 2.21. The van der Waals surface area contributed by atoms with Crippen LogP contribution in [0.2, 0.25) is 0 Å². The molecule has 0 unspecified atom stereocenters. The van der Waals surface area contributed by atoms with Crippen LogP contribution in [0.1, 0.15) is 37.3 Å². The summed E-state index contributed by atoms with van der Waals surface area (Å²) in [6.07, 6.45) is 1.78. The van der Waals surface area contributed by atoms with Crippen molar-refractivity contribution in [3.8, 4) is 0 Å². The van der Waals surface area contributed by atoms with Gasteiger partial charge in [0, 0.05) is 17.8 Å². The number of carbonyl (C=O) groups is 1. The Balaban J connectivity index is 2.85. The van der Waals surface area contributed by atoms with Gasteiger partial charge in [-0.2, -0.15) is 0 Å². The van der Waals surface area contributed by atoms with Gasteiger partial charge < -0.3 is 0 Å². The first-order chi connectivity index (χ1) is 7.51. The lowest BCUT2D eigenvalue weighted by Gasteiger charge is -2.19. The SMILES string of the molecule is CCC(CC)C(=O)N(C)c1nc(C)c(C)s1. The summed E-state index contributed by atoms with van der Waals surface area (Å²) in [6, 6.07) is 0. The molecular weight excluding hydrogens is 220 g/mol. The number of aryl methyl sites for hydroxylation is 2. The summed E-state index contributed by atoms with van der Waals surface area (Å²) in [7, 11) is 1.82. The molecule has 16 heavy (non-hydrogen) atoms. The van der Waals surface area contributed by atoms with E-state index in [1.807, 2.05) is 20.9 Å². The van der Waals surface area contributed by atoms with Gasteiger partial charge in [-0.05, 0) is 26.7 Å². The fourth-order valence-corrected chi connectivity index (χ4v) is 2.48.